The molecule has 2 rings (SSSR count). The monoisotopic (exact) mass is 247 g/mol. The molecule has 0 radical (unpaired) electrons. The van der Waals surface area contributed by atoms with Crippen LogP contribution in [0.5, 0.6) is 0 Å². The number of rotatable bonds is 2. The van der Waals surface area contributed by atoms with Gasteiger partial charge in [0, 0.05) is 17.7 Å². The molecular formula is C13H14ClN3. The predicted molar refractivity (Wildman–Crippen MR) is 71.7 cm³/mol. The first-order chi connectivity index (χ1) is 8.13. The van der Waals surface area contributed by atoms with Crippen molar-refractivity contribution in [3.63, 3.8) is 0 Å². The maximum Gasteiger partial charge on any atom is 0.134 e. The lowest BCUT2D eigenvalue weighted by Crippen LogP contribution is -2.03. The lowest BCUT2D eigenvalue weighted by Gasteiger charge is -2.10. The van der Waals surface area contributed by atoms with Crippen molar-refractivity contribution in [2.24, 2.45) is 5.73 Å². The van der Waals surface area contributed by atoms with Crippen molar-refractivity contribution in [1.82, 2.24) is 4.98 Å². The second-order valence-corrected chi connectivity index (χ2v) is 4.25. The number of nitrogens with zero attached hydrogens (tertiary/aromatic N) is 1. The van der Waals surface area contributed by atoms with Crippen LogP contribution >= 0.6 is 11.6 Å². The molecule has 0 saturated heterocycles. The summed E-state index contributed by atoms with van der Waals surface area (Å²) in [6.07, 6.45) is 0. The average molecular weight is 248 g/mol. The third kappa shape index (κ3) is 2.25. The van der Waals surface area contributed by atoms with Crippen molar-refractivity contribution >= 4 is 17.3 Å². The molecule has 0 aliphatic carbocycles. The molecule has 0 amide bonds. The van der Waals surface area contributed by atoms with Gasteiger partial charge in [0.05, 0.1) is 11.4 Å². The Hall–Kier alpha value is -1.58. The van der Waals surface area contributed by atoms with E-state index < -0.39 is 0 Å². The minimum Gasteiger partial charge on any atom is -0.397 e. The van der Waals surface area contributed by atoms with Gasteiger partial charge in [0.15, 0.2) is 0 Å². The third-order valence-electron chi connectivity index (χ3n) is 2.70. The van der Waals surface area contributed by atoms with Gasteiger partial charge in [0.1, 0.15) is 5.15 Å². The Bertz CT molecular complexity index is 552. The van der Waals surface area contributed by atoms with E-state index in [1.807, 2.05) is 31.2 Å². The highest BCUT2D eigenvalue weighted by atomic mass is 35.5. The molecule has 1 aromatic carbocycles. The van der Waals surface area contributed by atoms with Gasteiger partial charge < -0.3 is 11.5 Å². The lowest BCUT2D eigenvalue weighted by molar-refractivity contribution is 1.05. The summed E-state index contributed by atoms with van der Waals surface area (Å²) in [7, 11) is 0. The third-order valence-corrected chi connectivity index (χ3v) is 3.03. The van der Waals surface area contributed by atoms with Crippen LogP contribution in [0.1, 0.15) is 11.1 Å². The molecule has 17 heavy (non-hydrogen) atoms. The summed E-state index contributed by atoms with van der Waals surface area (Å²) in [5, 5.41) is 0.417. The number of pyridine rings is 1. The van der Waals surface area contributed by atoms with Crippen LogP contribution < -0.4 is 11.5 Å². The van der Waals surface area contributed by atoms with Gasteiger partial charge in [-0.15, -0.1) is 0 Å². The molecule has 0 saturated carbocycles. The number of aryl methyl sites for hydroxylation is 1. The number of hydrogen-bond acceptors (Lipinski definition) is 3. The summed E-state index contributed by atoms with van der Waals surface area (Å²) in [4.78, 5) is 4.34. The van der Waals surface area contributed by atoms with Crippen LogP contribution in [0.2, 0.25) is 5.15 Å². The zero-order valence-electron chi connectivity index (χ0n) is 9.57. The van der Waals surface area contributed by atoms with Crippen molar-refractivity contribution in [2.45, 2.75) is 13.5 Å². The van der Waals surface area contributed by atoms with Gasteiger partial charge in [-0.05, 0) is 18.6 Å². The number of anilines is 1. The van der Waals surface area contributed by atoms with Gasteiger partial charge in [0.2, 0.25) is 0 Å². The molecule has 0 spiro atoms. The molecule has 2 aromatic rings. The predicted octanol–water partition coefficient (Wildman–Crippen LogP) is 2.75. The summed E-state index contributed by atoms with van der Waals surface area (Å²) < 4.78 is 0. The minimum atomic E-state index is 0.337. The first kappa shape index (κ1) is 11.9. The second kappa shape index (κ2) is 4.73. The molecule has 0 atom stereocenters. The van der Waals surface area contributed by atoms with Gasteiger partial charge >= 0.3 is 0 Å². The Morgan fingerprint density at radius 2 is 2.00 bits per heavy atom. The van der Waals surface area contributed by atoms with E-state index in [1.165, 1.54) is 0 Å². The van der Waals surface area contributed by atoms with Crippen LogP contribution in [0.15, 0.2) is 30.3 Å². The number of aromatic nitrogens is 1. The van der Waals surface area contributed by atoms with Crippen molar-refractivity contribution in [3.05, 3.63) is 46.6 Å². The summed E-state index contributed by atoms with van der Waals surface area (Å²) in [5.74, 6) is 0. The number of halogens is 1. The lowest BCUT2D eigenvalue weighted by atomic mass is 10.0. The minimum absolute atomic E-state index is 0.337. The normalized spacial score (nSPS) is 10.5. The first-order valence-electron chi connectivity index (χ1n) is 5.34. The Morgan fingerprint density at radius 1 is 1.29 bits per heavy atom. The first-order valence-corrected chi connectivity index (χ1v) is 5.72. The SMILES string of the molecule is Cc1ccccc1-c1nc(Cl)c(CN)cc1N. The number of benzene rings is 1. The van der Waals surface area contributed by atoms with Crippen molar-refractivity contribution in [2.75, 3.05) is 5.73 Å². The standard InChI is InChI=1S/C13H14ClN3/c1-8-4-2-3-5-10(8)12-11(16)6-9(7-15)13(14)17-12/h2-6H,7,15-16H2,1H3. The Kier molecular flexibility index (Phi) is 3.31. The summed E-state index contributed by atoms with van der Waals surface area (Å²) in [6.45, 7) is 2.35. The molecule has 0 aliphatic rings. The second-order valence-electron chi connectivity index (χ2n) is 3.90. The molecule has 1 heterocycles. The van der Waals surface area contributed by atoms with E-state index in [9.17, 15) is 0 Å². The maximum absolute atomic E-state index is 6.06. The van der Waals surface area contributed by atoms with Crippen molar-refractivity contribution in [1.29, 1.82) is 0 Å². The Morgan fingerprint density at radius 3 is 2.65 bits per heavy atom. The topological polar surface area (TPSA) is 64.9 Å². The van der Waals surface area contributed by atoms with Crippen LogP contribution in [0.25, 0.3) is 11.3 Å². The van der Waals surface area contributed by atoms with Gasteiger partial charge in [-0.1, -0.05) is 35.9 Å². The van der Waals surface area contributed by atoms with E-state index in [0.29, 0.717) is 23.1 Å². The van der Waals surface area contributed by atoms with Crippen LogP contribution in [0.3, 0.4) is 0 Å². The van der Waals surface area contributed by atoms with Crippen LogP contribution in [0.4, 0.5) is 5.69 Å². The Balaban J connectivity index is 2.61. The fraction of sp³-hybridized carbons (Fsp3) is 0.154. The molecule has 1 aromatic heterocycles. The largest absolute Gasteiger partial charge is 0.397 e. The highest BCUT2D eigenvalue weighted by Gasteiger charge is 2.10. The number of nitrogen functional groups attached to an aromatic ring is 1. The summed E-state index contributed by atoms with van der Waals surface area (Å²) in [6, 6.07) is 9.71. The Labute approximate surface area is 105 Å². The zero-order valence-corrected chi connectivity index (χ0v) is 10.3. The van der Waals surface area contributed by atoms with Crippen molar-refractivity contribution < 1.29 is 0 Å². The van der Waals surface area contributed by atoms with Gasteiger partial charge in [0.25, 0.3) is 0 Å². The number of hydrogen-bond donors (Lipinski definition) is 2. The fourth-order valence-electron chi connectivity index (χ4n) is 1.75. The molecule has 88 valence electrons. The molecule has 4 heteroatoms. The van der Waals surface area contributed by atoms with E-state index in [0.717, 1.165) is 16.7 Å². The smallest absolute Gasteiger partial charge is 0.134 e. The van der Waals surface area contributed by atoms with Crippen LogP contribution in [-0.4, -0.2) is 4.98 Å². The summed E-state index contributed by atoms with van der Waals surface area (Å²) in [5.41, 5.74) is 15.7. The highest BCUT2D eigenvalue weighted by molar-refractivity contribution is 6.30. The van der Waals surface area contributed by atoms with E-state index >= 15 is 0 Å². The van der Waals surface area contributed by atoms with Crippen LogP contribution in [0, 0.1) is 6.92 Å². The molecule has 0 unspecified atom stereocenters. The van der Waals surface area contributed by atoms with Gasteiger partial charge in [-0.2, -0.15) is 0 Å². The fourth-order valence-corrected chi connectivity index (χ4v) is 1.96. The van der Waals surface area contributed by atoms with Gasteiger partial charge in [-0.25, -0.2) is 4.98 Å². The van der Waals surface area contributed by atoms with E-state index in [2.05, 4.69) is 4.98 Å². The maximum atomic E-state index is 6.06. The molecule has 0 aliphatic heterocycles. The van der Waals surface area contributed by atoms with Crippen LogP contribution in [-0.2, 0) is 6.54 Å². The zero-order chi connectivity index (χ0) is 12.4. The number of nitrogens with two attached hydrogens (primary N) is 2. The van der Waals surface area contributed by atoms with E-state index in [-0.39, 0.29) is 0 Å². The molecule has 0 bridgehead atoms. The van der Waals surface area contributed by atoms with Crippen molar-refractivity contribution in [3.8, 4) is 11.3 Å². The molecule has 4 N–H and O–H groups in total. The highest BCUT2D eigenvalue weighted by Crippen LogP contribution is 2.29. The molecule has 3 nitrogen and oxygen atoms in total. The summed E-state index contributed by atoms with van der Waals surface area (Å²) >= 11 is 6.06. The molecule has 0 fully saturated rings. The average Bonchev–Trinajstić information content (AvgIpc) is 2.32. The quantitative estimate of drug-likeness (QED) is 0.802. The van der Waals surface area contributed by atoms with Gasteiger partial charge in [-0.3, -0.25) is 0 Å². The van der Waals surface area contributed by atoms with E-state index in [4.69, 9.17) is 23.1 Å². The van der Waals surface area contributed by atoms with E-state index in [1.54, 1.807) is 6.07 Å². The molecular weight excluding hydrogens is 234 g/mol.